The minimum Gasteiger partial charge on any atom is -0.252 e. The van der Waals surface area contributed by atoms with Crippen molar-refractivity contribution in [3.63, 3.8) is 0 Å². The maximum absolute atomic E-state index is 5.38. The van der Waals surface area contributed by atoms with E-state index >= 15 is 0 Å². The molecule has 2 nitrogen and oxygen atoms in total. The molecule has 44 heavy (non-hydrogen) atoms. The van der Waals surface area contributed by atoms with Gasteiger partial charge in [-0.15, -0.1) is 0 Å². The van der Waals surface area contributed by atoms with E-state index in [0.29, 0.717) is 0 Å². The molecule has 8 heteroatoms. The standard InChI is InChI=1S/C35H24Br2N2.CCl4/c36-32-24-19-25(34-30(32)28(20-11-3-1-4-12-20)22-15-7-9-17-26(22)38-34)33(37)31-29(21-13-5-2-6-14-21)23-16-8-10-18-27(23)39-35(24)31;2-1(3,4)5/h1-18,24-25,32-33H,19H2;/t24-,25-,32+,33+;/m0./s1. The molecule has 0 fully saturated rings. The zero-order valence-corrected chi connectivity index (χ0v) is 29.3. The minimum absolute atomic E-state index is 0.104. The van der Waals surface area contributed by atoms with Crippen LogP contribution in [0.3, 0.4) is 0 Å². The van der Waals surface area contributed by atoms with Crippen molar-refractivity contribution < 1.29 is 0 Å². The van der Waals surface area contributed by atoms with E-state index in [1.165, 1.54) is 55.5 Å². The maximum Gasteiger partial charge on any atom is 0.266 e. The molecule has 0 spiro atoms. The molecule has 2 bridgehead atoms. The summed E-state index contributed by atoms with van der Waals surface area (Å²) in [6.07, 6.45) is 1.00. The molecule has 4 atom stereocenters. The number of hydrogen-bond acceptors (Lipinski definition) is 2. The highest BCUT2D eigenvalue weighted by Gasteiger charge is 2.47. The van der Waals surface area contributed by atoms with Gasteiger partial charge in [-0.2, -0.15) is 0 Å². The van der Waals surface area contributed by atoms with Crippen molar-refractivity contribution >= 4 is 100 Å². The fraction of sp³-hybridized carbons (Fsp3) is 0.167. The van der Waals surface area contributed by atoms with Crippen molar-refractivity contribution in [2.75, 3.05) is 0 Å². The lowest BCUT2D eigenvalue weighted by Crippen LogP contribution is -2.30. The predicted octanol–water partition coefficient (Wildman–Crippen LogP) is 12.8. The fourth-order valence-electron chi connectivity index (χ4n) is 6.86. The second-order valence-corrected chi connectivity index (χ2v) is 16.4. The third-order valence-electron chi connectivity index (χ3n) is 8.51. The van der Waals surface area contributed by atoms with Gasteiger partial charge in [0.15, 0.2) is 0 Å². The van der Waals surface area contributed by atoms with Gasteiger partial charge in [0.1, 0.15) is 0 Å². The number of aromatic nitrogens is 2. The summed E-state index contributed by atoms with van der Waals surface area (Å²) in [6, 6.07) is 38.8. The van der Waals surface area contributed by atoms with Crippen LogP contribution >= 0.6 is 78.3 Å². The van der Waals surface area contributed by atoms with Crippen LogP contribution < -0.4 is 0 Å². The molecule has 2 heterocycles. The van der Waals surface area contributed by atoms with Gasteiger partial charge in [-0.25, -0.2) is 0 Å². The quantitative estimate of drug-likeness (QED) is 0.163. The van der Waals surface area contributed by atoms with E-state index in [-0.39, 0.29) is 21.5 Å². The first-order chi connectivity index (χ1) is 21.2. The van der Waals surface area contributed by atoms with Crippen LogP contribution in [0.4, 0.5) is 0 Å². The van der Waals surface area contributed by atoms with Crippen molar-refractivity contribution in [2.45, 2.75) is 31.2 Å². The smallest absolute Gasteiger partial charge is 0.252 e. The van der Waals surface area contributed by atoms with Crippen molar-refractivity contribution in [2.24, 2.45) is 0 Å². The van der Waals surface area contributed by atoms with Gasteiger partial charge in [0.25, 0.3) is 3.25 Å². The Balaban J connectivity index is 0.000000581. The highest BCUT2D eigenvalue weighted by Crippen LogP contribution is 2.63. The molecule has 0 N–H and O–H groups in total. The second-order valence-electron chi connectivity index (χ2n) is 11.0. The Morgan fingerprint density at radius 3 is 1.25 bits per heavy atom. The van der Waals surface area contributed by atoms with Crippen molar-refractivity contribution in [1.29, 1.82) is 0 Å². The van der Waals surface area contributed by atoms with Crippen molar-refractivity contribution in [3.8, 4) is 22.3 Å². The largest absolute Gasteiger partial charge is 0.266 e. The molecule has 2 aromatic heterocycles. The number of para-hydroxylation sites is 2. The van der Waals surface area contributed by atoms with E-state index in [4.69, 9.17) is 56.4 Å². The Bertz CT molecular complexity index is 1850. The van der Waals surface area contributed by atoms with Crippen LogP contribution in [0.5, 0.6) is 0 Å². The molecule has 0 aliphatic heterocycles. The molecule has 2 aliphatic rings. The monoisotopic (exact) mass is 782 g/mol. The summed E-state index contributed by atoms with van der Waals surface area (Å²) < 4.78 is -1.61. The molecule has 8 rings (SSSR count). The summed E-state index contributed by atoms with van der Waals surface area (Å²) in [5.41, 5.74) is 12.2. The Kier molecular flexibility index (Phi) is 8.45. The highest BCUT2D eigenvalue weighted by molar-refractivity contribution is 9.09. The van der Waals surface area contributed by atoms with E-state index in [9.17, 15) is 0 Å². The Morgan fingerprint density at radius 1 is 0.523 bits per heavy atom. The summed E-state index contributed by atoms with van der Waals surface area (Å²) in [6.45, 7) is 0. The molecular weight excluding hydrogens is 762 g/mol. The molecule has 2 aliphatic carbocycles. The molecule has 0 amide bonds. The van der Waals surface area contributed by atoms with Gasteiger partial charge in [0.05, 0.1) is 32.1 Å². The number of benzene rings is 4. The molecule has 0 saturated carbocycles. The summed E-state index contributed by atoms with van der Waals surface area (Å²) in [5, 5.41) is 2.41. The van der Waals surface area contributed by atoms with Crippen LogP contribution in [0.1, 0.15) is 50.4 Å². The lowest BCUT2D eigenvalue weighted by molar-refractivity contribution is 0.437. The first kappa shape index (κ1) is 30.5. The number of hydrogen-bond donors (Lipinski definition) is 0. The third kappa shape index (κ3) is 5.57. The Morgan fingerprint density at radius 2 is 0.864 bits per heavy atom. The zero-order chi connectivity index (χ0) is 30.6. The van der Waals surface area contributed by atoms with E-state index in [2.05, 4.69) is 141 Å². The van der Waals surface area contributed by atoms with E-state index in [1.54, 1.807) is 0 Å². The van der Waals surface area contributed by atoms with Crippen molar-refractivity contribution in [3.05, 3.63) is 132 Å². The van der Waals surface area contributed by atoms with E-state index in [1.807, 2.05) is 0 Å². The molecular formula is C36H24Br2Cl4N2. The first-order valence-corrected chi connectivity index (χ1v) is 17.5. The van der Waals surface area contributed by atoms with Crippen LogP contribution in [-0.2, 0) is 0 Å². The summed E-state index contributed by atoms with van der Waals surface area (Å²) >= 11 is 27.8. The van der Waals surface area contributed by atoms with Crippen LogP contribution in [0.15, 0.2) is 109 Å². The zero-order valence-electron chi connectivity index (χ0n) is 23.1. The van der Waals surface area contributed by atoms with Crippen LogP contribution in [-0.4, -0.2) is 13.2 Å². The summed E-state index contributed by atoms with van der Waals surface area (Å²) in [5.74, 6) is 0.479. The van der Waals surface area contributed by atoms with Gasteiger partial charge in [0.2, 0.25) is 0 Å². The number of fused-ring (bicyclic) bond motifs is 8. The highest BCUT2D eigenvalue weighted by atomic mass is 79.9. The Hall–Kier alpha value is -2.18. The van der Waals surface area contributed by atoms with Gasteiger partial charge < -0.3 is 0 Å². The number of pyridine rings is 2. The molecule has 220 valence electrons. The van der Waals surface area contributed by atoms with Gasteiger partial charge >= 0.3 is 0 Å². The average molecular weight is 786 g/mol. The second kappa shape index (κ2) is 12.2. The van der Waals surface area contributed by atoms with E-state index < -0.39 is 3.25 Å². The van der Waals surface area contributed by atoms with Gasteiger partial charge in [-0.05, 0) is 51.9 Å². The maximum atomic E-state index is 5.38. The first-order valence-electron chi connectivity index (χ1n) is 14.2. The number of halogens is 6. The molecule has 4 aromatic carbocycles. The van der Waals surface area contributed by atoms with E-state index in [0.717, 1.165) is 17.5 Å². The van der Waals surface area contributed by atoms with Crippen molar-refractivity contribution in [1.82, 2.24) is 9.97 Å². The van der Waals surface area contributed by atoms with Gasteiger partial charge in [0, 0.05) is 22.6 Å². The van der Waals surface area contributed by atoms with Gasteiger partial charge in [-0.3, -0.25) is 9.97 Å². The predicted molar refractivity (Wildman–Crippen MR) is 194 cm³/mol. The molecule has 0 unspecified atom stereocenters. The van der Waals surface area contributed by atoms with Crippen LogP contribution in [0.25, 0.3) is 44.1 Å². The average Bonchev–Trinajstić information content (AvgIpc) is 3.02. The summed E-state index contributed by atoms with van der Waals surface area (Å²) in [4.78, 5) is 11.0. The SMILES string of the molecule is Br[C@H]1c2c(nc3ccccc3c2-c2ccccc2)[C@H]2C[C@@H]1c1nc3ccccc3c(-c3ccccc3)c1[C@@H]2Br.ClC(Cl)(Cl)Cl. The molecule has 0 saturated heterocycles. The van der Waals surface area contributed by atoms with Gasteiger partial charge in [-0.1, -0.05) is 175 Å². The minimum atomic E-state index is -1.61. The third-order valence-corrected chi connectivity index (χ3v) is 10.7. The number of nitrogens with zero attached hydrogens (tertiary/aromatic N) is 2. The number of alkyl halides is 6. The summed E-state index contributed by atoms with van der Waals surface area (Å²) in [7, 11) is 0. The Labute approximate surface area is 293 Å². The fourth-order valence-corrected chi connectivity index (χ4v) is 8.72. The molecule has 0 radical (unpaired) electrons. The lowest BCUT2D eigenvalue weighted by Gasteiger charge is -2.44. The molecule has 6 aromatic rings. The normalized spacial score (nSPS) is 20.4. The topological polar surface area (TPSA) is 25.8 Å². The number of rotatable bonds is 2. The lowest BCUT2D eigenvalue weighted by atomic mass is 9.67. The van der Waals surface area contributed by atoms with Crippen LogP contribution in [0, 0.1) is 0 Å². The van der Waals surface area contributed by atoms with Crippen LogP contribution in [0.2, 0.25) is 0 Å².